The number of carbonyl (C=O) groups excluding carboxylic acids is 1. The maximum absolute atomic E-state index is 12.2. The maximum atomic E-state index is 12.2. The first-order valence-electron chi connectivity index (χ1n) is 6.00. The minimum atomic E-state index is -0.206. The van der Waals surface area contributed by atoms with Crippen LogP contribution < -0.4 is 10.5 Å². The summed E-state index contributed by atoms with van der Waals surface area (Å²) in [7, 11) is 1.51. The molecule has 0 unspecified atom stereocenters. The summed E-state index contributed by atoms with van der Waals surface area (Å²) in [6, 6.07) is 4.65. The van der Waals surface area contributed by atoms with E-state index in [1.165, 1.54) is 13.2 Å². The van der Waals surface area contributed by atoms with Crippen LogP contribution >= 0.6 is 0 Å². The van der Waals surface area contributed by atoms with Gasteiger partial charge in [-0.2, -0.15) is 0 Å². The minimum Gasteiger partial charge on any atom is -0.507 e. The number of rotatable bonds is 6. The van der Waals surface area contributed by atoms with Gasteiger partial charge >= 0.3 is 0 Å². The zero-order valence-electron chi connectivity index (χ0n) is 10.8. The summed E-state index contributed by atoms with van der Waals surface area (Å²) >= 11 is 0. The lowest BCUT2D eigenvalue weighted by molar-refractivity contribution is 0.0757. The molecule has 0 fully saturated rings. The third kappa shape index (κ3) is 3.37. The van der Waals surface area contributed by atoms with E-state index < -0.39 is 0 Å². The molecule has 0 saturated carbocycles. The van der Waals surface area contributed by atoms with E-state index in [0.29, 0.717) is 25.4 Å². The Morgan fingerprint density at radius 2 is 2.17 bits per heavy atom. The lowest BCUT2D eigenvalue weighted by Crippen LogP contribution is -2.36. The Balaban J connectivity index is 2.93. The van der Waals surface area contributed by atoms with Crippen LogP contribution in [0.3, 0.4) is 0 Å². The molecule has 0 aliphatic heterocycles. The molecule has 0 bridgehead atoms. The first kappa shape index (κ1) is 14.3. The summed E-state index contributed by atoms with van der Waals surface area (Å²) in [5.74, 6) is 0.241. The van der Waals surface area contributed by atoms with Crippen molar-refractivity contribution >= 4 is 5.91 Å². The van der Waals surface area contributed by atoms with Gasteiger partial charge in [0.2, 0.25) is 0 Å². The molecule has 100 valence electrons. The Morgan fingerprint density at radius 3 is 2.67 bits per heavy atom. The van der Waals surface area contributed by atoms with E-state index in [1.807, 2.05) is 6.92 Å². The molecule has 0 radical (unpaired) electrons. The van der Waals surface area contributed by atoms with E-state index in [-0.39, 0.29) is 17.2 Å². The van der Waals surface area contributed by atoms with E-state index in [2.05, 4.69) is 0 Å². The van der Waals surface area contributed by atoms with Crippen LogP contribution in [0.25, 0.3) is 0 Å². The summed E-state index contributed by atoms with van der Waals surface area (Å²) in [5.41, 5.74) is 5.76. The summed E-state index contributed by atoms with van der Waals surface area (Å²) in [4.78, 5) is 13.9. The Morgan fingerprint density at radius 1 is 1.44 bits per heavy atom. The average Bonchev–Trinajstić information content (AvgIpc) is 2.37. The lowest BCUT2D eigenvalue weighted by Gasteiger charge is -2.21. The molecule has 1 aromatic carbocycles. The van der Waals surface area contributed by atoms with Crippen LogP contribution in [0, 0.1) is 0 Å². The normalized spacial score (nSPS) is 10.2. The van der Waals surface area contributed by atoms with Crippen molar-refractivity contribution < 1.29 is 14.6 Å². The fourth-order valence-corrected chi connectivity index (χ4v) is 1.73. The molecule has 0 heterocycles. The van der Waals surface area contributed by atoms with E-state index in [4.69, 9.17) is 10.5 Å². The predicted octanol–water partition coefficient (Wildman–Crippen LogP) is 1.21. The number of hydrogen-bond acceptors (Lipinski definition) is 4. The number of amides is 1. The molecule has 1 aromatic rings. The van der Waals surface area contributed by atoms with Crippen molar-refractivity contribution in [2.45, 2.75) is 13.3 Å². The van der Waals surface area contributed by atoms with Crippen LogP contribution in [0.1, 0.15) is 23.7 Å². The van der Waals surface area contributed by atoms with Crippen LogP contribution in [0.2, 0.25) is 0 Å². The van der Waals surface area contributed by atoms with Gasteiger partial charge in [-0.1, -0.05) is 6.92 Å². The van der Waals surface area contributed by atoms with Gasteiger partial charge in [0.05, 0.1) is 12.7 Å². The molecule has 0 atom stereocenters. The van der Waals surface area contributed by atoms with E-state index in [0.717, 1.165) is 6.42 Å². The number of nitrogens with two attached hydrogens (primary N) is 1. The number of methoxy groups -OCH3 is 1. The van der Waals surface area contributed by atoms with Crippen molar-refractivity contribution in [3.63, 3.8) is 0 Å². The number of nitrogens with zero attached hydrogens (tertiary/aromatic N) is 1. The van der Waals surface area contributed by atoms with Crippen molar-refractivity contribution in [3.05, 3.63) is 23.8 Å². The molecule has 5 heteroatoms. The zero-order chi connectivity index (χ0) is 13.5. The summed E-state index contributed by atoms with van der Waals surface area (Å²) in [6.45, 7) is 3.51. The molecule has 0 saturated heterocycles. The quantitative estimate of drug-likeness (QED) is 0.798. The van der Waals surface area contributed by atoms with Gasteiger partial charge < -0.3 is 20.5 Å². The molecule has 0 aliphatic rings. The molecule has 1 rings (SSSR count). The number of ether oxygens (including phenoxy) is 1. The second kappa shape index (κ2) is 6.86. The van der Waals surface area contributed by atoms with Gasteiger partial charge in [0, 0.05) is 25.7 Å². The topological polar surface area (TPSA) is 75.8 Å². The highest BCUT2D eigenvalue weighted by molar-refractivity contribution is 5.97. The van der Waals surface area contributed by atoms with Crippen molar-refractivity contribution in [1.82, 2.24) is 4.90 Å². The highest BCUT2D eigenvalue weighted by Crippen LogP contribution is 2.24. The summed E-state index contributed by atoms with van der Waals surface area (Å²) in [5, 5.41) is 9.82. The fraction of sp³-hybridized carbons (Fsp3) is 0.462. The number of aromatic hydroxyl groups is 1. The summed E-state index contributed by atoms with van der Waals surface area (Å²) in [6.07, 6.45) is 0.850. The van der Waals surface area contributed by atoms with Crippen LogP contribution in [-0.2, 0) is 0 Å². The fourth-order valence-electron chi connectivity index (χ4n) is 1.73. The standard InChI is InChI=1S/C13H20N2O3/c1-3-7-15(8-6-14)13(17)11-5-4-10(18-2)9-12(11)16/h4-5,9,16H,3,6-8,14H2,1-2H3. The Hall–Kier alpha value is -1.75. The molecule has 18 heavy (non-hydrogen) atoms. The van der Waals surface area contributed by atoms with E-state index in [1.54, 1.807) is 17.0 Å². The number of phenolic OH excluding ortho intramolecular Hbond substituents is 1. The first-order chi connectivity index (χ1) is 8.63. The number of hydrogen-bond donors (Lipinski definition) is 2. The molecular weight excluding hydrogens is 232 g/mol. The Kier molecular flexibility index (Phi) is 5.45. The largest absolute Gasteiger partial charge is 0.507 e. The molecule has 0 aliphatic carbocycles. The monoisotopic (exact) mass is 252 g/mol. The lowest BCUT2D eigenvalue weighted by atomic mass is 10.1. The van der Waals surface area contributed by atoms with Gasteiger partial charge in [-0.25, -0.2) is 0 Å². The van der Waals surface area contributed by atoms with Gasteiger partial charge in [0.15, 0.2) is 0 Å². The van der Waals surface area contributed by atoms with Crippen molar-refractivity contribution in [1.29, 1.82) is 0 Å². The summed E-state index contributed by atoms with van der Waals surface area (Å²) < 4.78 is 4.98. The number of benzene rings is 1. The third-order valence-corrected chi connectivity index (χ3v) is 2.62. The Labute approximate surface area is 107 Å². The van der Waals surface area contributed by atoms with Crippen LogP contribution in [0.15, 0.2) is 18.2 Å². The predicted molar refractivity (Wildman–Crippen MR) is 69.9 cm³/mol. The first-order valence-corrected chi connectivity index (χ1v) is 6.00. The molecule has 0 aromatic heterocycles. The minimum absolute atomic E-state index is 0.0718. The second-order valence-corrected chi connectivity index (χ2v) is 3.96. The molecule has 0 spiro atoms. The van der Waals surface area contributed by atoms with Gasteiger partial charge in [-0.05, 0) is 18.6 Å². The van der Waals surface area contributed by atoms with Gasteiger partial charge in [-0.15, -0.1) is 0 Å². The molecule has 1 amide bonds. The highest BCUT2D eigenvalue weighted by Gasteiger charge is 2.18. The molecule has 3 N–H and O–H groups in total. The molecular formula is C13H20N2O3. The van der Waals surface area contributed by atoms with Crippen molar-refractivity contribution in [2.75, 3.05) is 26.7 Å². The number of phenols is 1. The Bertz CT molecular complexity index is 401. The maximum Gasteiger partial charge on any atom is 0.257 e. The van der Waals surface area contributed by atoms with Gasteiger partial charge in [0.25, 0.3) is 5.91 Å². The average molecular weight is 252 g/mol. The smallest absolute Gasteiger partial charge is 0.257 e. The second-order valence-electron chi connectivity index (χ2n) is 3.96. The van der Waals surface area contributed by atoms with Crippen LogP contribution in [0.4, 0.5) is 0 Å². The third-order valence-electron chi connectivity index (χ3n) is 2.62. The molecule has 5 nitrogen and oxygen atoms in total. The van der Waals surface area contributed by atoms with E-state index >= 15 is 0 Å². The van der Waals surface area contributed by atoms with Crippen molar-refractivity contribution in [3.8, 4) is 11.5 Å². The zero-order valence-corrected chi connectivity index (χ0v) is 10.8. The van der Waals surface area contributed by atoms with Crippen LogP contribution in [0.5, 0.6) is 11.5 Å². The van der Waals surface area contributed by atoms with Crippen molar-refractivity contribution in [2.24, 2.45) is 5.73 Å². The number of carbonyl (C=O) groups is 1. The van der Waals surface area contributed by atoms with Gasteiger partial charge in [-0.3, -0.25) is 4.79 Å². The van der Waals surface area contributed by atoms with E-state index in [9.17, 15) is 9.90 Å². The SMILES string of the molecule is CCCN(CCN)C(=O)c1ccc(OC)cc1O. The van der Waals surface area contributed by atoms with Gasteiger partial charge in [0.1, 0.15) is 11.5 Å². The highest BCUT2D eigenvalue weighted by atomic mass is 16.5. The van der Waals surface area contributed by atoms with Crippen LogP contribution in [-0.4, -0.2) is 42.7 Å².